The Balaban J connectivity index is 1.88. The summed E-state index contributed by atoms with van der Waals surface area (Å²) in [5.41, 5.74) is 2.90. The van der Waals surface area contributed by atoms with Gasteiger partial charge < -0.3 is 14.7 Å². The van der Waals surface area contributed by atoms with E-state index in [1.807, 2.05) is 19.9 Å². The maximum absolute atomic E-state index is 12.6. The standard InChI is InChI=1S/C19H26N2O3/c1-4-20(5-2)19(23)16-12-21-9-8-13-10-14(24-3)6-7-15(13)17(21)11-18(16)22/h6-7,10,17,22H,4-5,8-9,11-12H2,1-3H3/p-1. The molecule has 0 bridgehead atoms. The van der Waals surface area contributed by atoms with Crippen LogP contribution in [-0.4, -0.2) is 49.0 Å². The molecule has 5 nitrogen and oxygen atoms in total. The molecule has 5 heteroatoms. The number of hydrogen-bond donors (Lipinski definition) is 0. The summed E-state index contributed by atoms with van der Waals surface area (Å²) in [6.45, 7) is 6.50. The fourth-order valence-corrected chi connectivity index (χ4v) is 3.77. The number of carbonyl (C=O) groups excluding carboxylic acids is 1. The SMILES string of the molecule is CCN(CC)C(=O)C1=C([O-])CC2c3ccc(OC)cc3CCN2C1. The van der Waals surface area contributed by atoms with Gasteiger partial charge in [-0.25, -0.2) is 0 Å². The van der Waals surface area contributed by atoms with Crippen molar-refractivity contribution in [1.82, 2.24) is 9.80 Å². The Hall–Kier alpha value is -2.01. The van der Waals surface area contributed by atoms with Crippen LogP contribution in [0.2, 0.25) is 0 Å². The third-order valence-electron chi connectivity index (χ3n) is 5.20. The number of amides is 1. The summed E-state index contributed by atoms with van der Waals surface area (Å²) in [5.74, 6) is 0.758. The Labute approximate surface area is 143 Å². The van der Waals surface area contributed by atoms with Crippen molar-refractivity contribution in [3.63, 3.8) is 0 Å². The first-order valence-corrected chi connectivity index (χ1v) is 8.68. The summed E-state index contributed by atoms with van der Waals surface area (Å²) in [4.78, 5) is 16.6. The van der Waals surface area contributed by atoms with Crippen LogP contribution in [0.5, 0.6) is 5.75 Å². The molecule has 2 aliphatic rings. The van der Waals surface area contributed by atoms with Crippen LogP contribution in [-0.2, 0) is 11.2 Å². The maximum Gasteiger partial charge on any atom is 0.250 e. The number of rotatable bonds is 4. The van der Waals surface area contributed by atoms with Crippen molar-refractivity contribution in [2.24, 2.45) is 0 Å². The lowest BCUT2D eigenvalue weighted by molar-refractivity contribution is -0.312. The molecule has 0 fully saturated rings. The van der Waals surface area contributed by atoms with E-state index in [1.54, 1.807) is 12.0 Å². The molecular weight excluding hydrogens is 304 g/mol. The molecule has 0 aromatic heterocycles. The summed E-state index contributed by atoms with van der Waals surface area (Å²) in [6, 6.07) is 6.17. The van der Waals surface area contributed by atoms with Gasteiger partial charge in [0.25, 0.3) is 0 Å². The van der Waals surface area contributed by atoms with Gasteiger partial charge in [0.1, 0.15) is 5.75 Å². The summed E-state index contributed by atoms with van der Waals surface area (Å²) < 4.78 is 5.30. The van der Waals surface area contributed by atoms with Crippen LogP contribution in [0, 0.1) is 0 Å². The normalized spacial score (nSPS) is 20.4. The molecule has 130 valence electrons. The molecule has 2 aliphatic heterocycles. The monoisotopic (exact) mass is 329 g/mol. The summed E-state index contributed by atoms with van der Waals surface area (Å²) in [7, 11) is 1.67. The number of nitrogens with zero attached hydrogens (tertiary/aromatic N) is 2. The van der Waals surface area contributed by atoms with E-state index < -0.39 is 0 Å². The third-order valence-corrected chi connectivity index (χ3v) is 5.20. The third kappa shape index (κ3) is 2.88. The Kier molecular flexibility index (Phi) is 4.81. The number of fused-ring (bicyclic) bond motifs is 3. The molecular formula is C19H25N2O3-. The number of ether oxygens (including phenoxy) is 1. The van der Waals surface area contributed by atoms with Gasteiger partial charge in [-0.2, -0.15) is 0 Å². The van der Waals surface area contributed by atoms with Crippen molar-refractivity contribution in [1.29, 1.82) is 0 Å². The molecule has 1 aromatic rings. The van der Waals surface area contributed by atoms with Crippen molar-refractivity contribution < 1.29 is 14.6 Å². The molecule has 3 rings (SSSR count). The predicted octanol–water partition coefficient (Wildman–Crippen LogP) is 1.48. The first-order valence-electron chi connectivity index (χ1n) is 8.68. The van der Waals surface area contributed by atoms with E-state index in [4.69, 9.17) is 4.74 Å². The van der Waals surface area contributed by atoms with Crippen LogP contribution in [0.25, 0.3) is 0 Å². The van der Waals surface area contributed by atoms with Crippen LogP contribution in [0.15, 0.2) is 29.5 Å². The molecule has 2 heterocycles. The molecule has 0 saturated carbocycles. The zero-order valence-electron chi connectivity index (χ0n) is 14.7. The van der Waals surface area contributed by atoms with Gasteiger partial charge in [-0.1, -0.05) is 6.07 Å². The summed E-state index contributed by atoms with van der Waals surface area (Å²) in [5, 5.41) is 12.6. The largest absolute Gasteiger partial charge is 0.875 e. The predicted molar refractivity (Wildman–Crippen MR) is 90.6 cm³/mol. The van der Waals surface area contributed by atoms with E-state index in [-0.39, 0.29) is 17.7 Å². The van der Waals surface area contributed by atoms with Gasteiger partial charge in [-0.15, -0.1) is 5.76 Å². The van der Waals surface area contributed by atoms with Crippen molar-refractivity contribution in [2.75, 3.05) is 33.3 Å². The average Bonchev–Trinajstić information content (AvgIpc) is 2.61. The lowest BCUT2D eigenvalue weighted by Crippen LogP contribution is -2.45. The summed E-state index contributed by atoms with van der Waals surface area (Å²) >= 11 is 0. The fraction of sp³-hybridized carbons (Fsp3) is 0.526. The molecule has 0 saturated heterocycles. The van der Waals surface area contributed by atoms with Crippen molar-refractivity contribution in [3.05, 3.63) is 40.7 Å². The average molecular weight is 329 g/mol. The first kappa shape index (κ1) is 16.8. The highest BCUT2D eigenvalue weighted by atomic mass is 16.5. The molecule has 0 radical (unpaired) electrons. The van der Waals surface area contributed by atoms with Crippen LogP contribution >= 0.6 is 0 Å². The molecule has 1 atom stereocenters. The second kappa shape index (κ2) is 6.85. The lowest BCUT2D eigenvalue weighted by Gasteiger charge is -2.44. The zero-order valence-corrected chi connectivity index (χ0v) is 14.7. The minimum Gasteiger partial charge on any atom is -0.875 e. The zero-order chi connectivity index (χ0) is 17.3. The lowest BCUT2D eigenvalue weighted by atomic mass is 9.86. The molecule has 1 unspecified atom stereocenters. The molecule has 0 aliphatic carbocycles. The number of hydrogen-bond acceptors (Lipinski definition) is 4. The van der Waals surface area contributed by atoms with Gasteiger partial charge in [0.2, 0.25) is 5.91 Å². The van der Waals surface area contributed by atoms with Crippen molar-refractivity contribution >= 4 is 5.91 Å². The van der Waals surface area contributed by atoms with Crippen molar-refractivity contribution in [2.45, 2.75) is 32.7 Å². The number of carbonyl (C=O) groups is 1. The smallest absolute Gasteiger partial charge is 0.250 e. The van der Waals surface area contributed by atoms with E-state index in [1.165, 1.54) is 11.1 Å². The van der Waals surface area contributed by atoms with Gasteiger partial charge in [0.15, 0.2) is 0 Å². The maximum atomic E-state index is 12.6. The first-order chi connectivity index (χ1) is 11.6. The van der Waals surface area contributed by atoms with E-state index in [9.17, 15) is 9.90 Å². The minimum absolute atomic E-state index is 0.00295. The topological polar surface area (TPSA) is 55.8 Å². The Bertz CT molecular complexity index is 665. The highest BCUT2D eigenvalue weighted by Crippen LogP contribution is 2.38. The van der Waals surface area contributed by atoms with Gasteiger partial charge in [0, 0.05) is 37.8 Å². The van der Waals surface area contributed by atoms with Crippen LogP contribution in [0.1, 0.15) is 37.4 Å². The Morgan fingerprint density at radius 1 is 1.38 bits per heavy atom. The minimum atomic E-state index is -0.0935. The molecule has 1 aromatic carbocycles. The number of benzene rings is 1. The van der Waals surface area contributed by atoms with Gasteiger partial charge in [-0.3, -0.25) is 9.69 Å². The van der Waals surface area contributed by atoms with E-state index in [0.717, 1.165) is 18.7 Å². The quantitative estimate of drug-likeness (QED) is 0.840. The second-order valence-corrected chi connectivity index (χ2v) is 6.38. The van der Waals surface area contributed by atoms with Crippen LogP contribution in [0.3, 0.4) is 0 Å². The van der Waals surface area contributed by atoms with Gasteiger partial charge in [-0.05, 0) is 49.9 Å². The van der Waals surface area contributed by atoms with Gasteiger partial charge in [0.05, 0.1) is 7.11 Å². The fourth-order valence-electron chi connectivity index (χ4n) is 3.77. The summed E-state index contributed by atoms with van der Waals surface area (Å²) in [6.07, 6.45) is 1.31. The highest BCUT2D eigenvalue weighted by molar-refractivity contribution is 5.94. The van der Waals surface area contributed by atoms with Crippen LogP contribution < -0.4 is 9.84 Å². The molecule has 0 spiro atoms. The van der Waals surface area contributed by atoms with E-state index in [0.29, 0.717) is 31.6 Å². The van der Waals surface area contributed by atoms with E-state index in [2.05, 4.69) is 17.0 Å². The van der Waals surface area contributed by atoms with Crippen molar-refractivity contribution in [3.8, 4) is 5.75 Å². The molecule has 0 N–H and O–H groups in total. The van der Waals surface area contributed by atoms with Crippen LogP contribution in [0.4, 0.5) is 0 Å². The second-order valence-electron chi connectivity index (χ2n) is 6.38. The Morgan fingerprint density at radius 2 is 2.12 bits per heavy atom. The highest BCUT2D eigenvalue weighted by Gasteiger charge is 2.33. The Morgan fingerprint density at radius 3 is 2.79 bits per heavy atom. The molecule has 1 amide bonds. The van der Waals surface area contributed by atoms with E-state index >= 15 is 0 Å². The number of likely N-dealkylation sites (N-methyl/N-ethyl adjacent to an activating group) is 1. The van der Waals surface area contributed by atoms with Gasteiger partial charge >= 0.3 is 0 Å². The molecule has 24 heavy (non-hydrogen) atoms. The number of methoxy groups -OCH3 is 1.